The number of ether oxygens (including phenoxy) is 1. The van der Waals surface area contributed by atoms with Crippen LogP contribution in [0.2, 0.25) is 10.0 Å². The Morgan fingerprint density at radius 2 is 1.68 bits per heavy atom. The number of rotatable bonds is 10. The van der Waals surface area contributed by atoms with E-state index in [-0.39, 0.29) is 24.8 Å². The van der Waals surface area contributed by atoms with Crippen molar-refractivity contribution in [2.75, 3.05) is 13.7 Å². The van der Waals surface area contributed by atoms with E-state index in [4.69, 9.17) is 27.9 Å². The molecule has 5 nitrogen and oxygen atoms in total. The van der Waals surface area contributed by atoms with Crippen LogP contribution in [0, 0.1) is 5.92 Å². The fourth-order valence-electron chi connectivity index (χ4n) is 3.20. The molecule has 2 amide bonds. The van der Waals surface area contributed by atoms with Crippen LogP contribution >= 0.6 is 23.2 Å². The molecule has 0 fully saturated rings. The number of hydrogen-bond donors (Lipinski definition) is 1. The zero-order chi connectivity index (χ0) is 23.0. The SMILES string of the molecule is CC[C@H](C(=O)NCC(C)C)N(Cc1ccc(Cl)c(Cl)c1)C(=O)Cc1ccc(OC)cc1. The number of nitrogens with one attached hydrogen (secondary N) is 1. The lowest BCUT2D eigenvalue weighted by Crippen LogP contribution is -2.50. The fourth-order valence-corrected chi connectivity index (χ4v) is 3.52. The summed E-state index contributed by atoms with van der Waals surface area (Å²) in [4.78, 5) is 27.8. The molecule has 7 heteroatoms. The van der Waals surface area contributed by atoms with Crippen molar-refractivity contribution in [3.63, 3.8) is 0 Å². The van der Waals surface area contributed by atoms with Gasteiger partial charge in [-0.15, -0.1) is 0 Å². The predicted molar refractivity (Wildman–Crippen MR) is 126 cm³/mol. The zero-order valence-electron chi connectivity index (χ0n) is 18.5. The molecule has 0 aliphatic heterocycles. The third-order valence-electron chi connectivity index (χ3n) is 4.92. The van der Waals surface area contributed by atoms with Gasteiger partial charge < -0.3 is 15.0 Å². The maximum atomic E-state index is 13.3. The molecule has 0 saturated carbocycles. The van der Waals surface area contributed by atoms with E-state index < -0.39 is 6.04 Å². The highest BCUT2D eigenvalue weighted by Gasteiger charge is 2.28. The maximum absolute atomic E-state index is 13.3. The molecule has 2 aromatic carbocycles. The molecule has 1 atom stereocenters. The van der Waals surface area contributed by atoms with Crippen molar-refractivity contribution in [2.45, 2.75) is 46.2 Å². The molecular weight excluding hydrogens is 435 g/mol. The van der Waals surface area contributed by atoms with E-state index in [0.29, 0.717) is 28.9 Å². The second kappa shape index (κ2) is 12.0. The Balaban J connectivity index is 2.28. The van der Waals surface area contributed by atoms with Gasteiger partial charge >= 0.3 is 0 Å². The minimum atomic E-state index is -0.584. The van der Waals surface area contributed by atoms with Crippen molar-refractivity contribution in [3.05, 3.63) is 63.6 Å². The summed E-state index contributed by atoms with van der Waals surface area (Å²) in [7, 11) is 1.60. The number of carbonyl (C=O) groups excluding carboxylic acids is 2. The smallest absolute Gasteiger partial charge is 0.242 e. The number of nitrogens with zero attached hydrogens (tertiary/aromatic N) is 1. The fraction of sp³-hybridized carbons (Fsp3) is 0.417. The Morgan fingerprint density at radius 1 is 1.03 bits per heavy atom. The molecule has 0 aromatic heterocycles. The molecule has 31 heavy (non-hydrogen) atoms. The Morgan fingerprint density at radius 3 is 2.23 bits per heavy atom. The van der Waals surface area contributed by atoms with Crippen molar-refractivity contribution in [2.24, 2.45) is 5.92 Å². The summed E-state index contributed by atoms with van der Waals surface area (Å²) in [6, 6.07) is 12.0. The Kier molecular flexibility index (Phi) is 9.66. The van der Waals surface area contributed by atoms with Crippen LogP contribution in [0.4, 0.5) is 0 Å². The van der Waals surface area contributed by atoms with Crippen LogP contribution in [-0.4, -0.2) is 36.4 Å². The van der Waals surface area contributed by atoms with Gasteiger partial charge in [0.15, 0.2) is 0 Å². The average molecular weight is 465 g/mol. The summed E-state index contributed by atoms with van der Waals surface area (Å²) in [6.45, 7) is 6.79. The first-order chi connectivity index (χ1) is 14.7. The first kappa shape index (κ1) is 25.0. The number of amides is 2. The van der Waals surface area contributed by atoms with E-state index in [1.807, 2.05) is 51.1 Å². The molecule has 168 valence electrons. The normalized spacial score (nSPS) is 11.8. The van der Waals surface area contributed by atoms with Gasteiger partial charge in [-0.05, 0) is 47.7 Å². The maximum Gasteiger partial charge on any atom is 0.242 e. The van der Waals surface area contributed by atoms with Crippen molar-refractivity contribution >= 4 is 35.0 Å². The third kappa shape index (κ3) is 7.44. The van der Waals surface area contributed by atoms with Gasteiger partial charge in [-0.2, -0.15) is 0 Å². The highest BCUT2D eigenvalue weighted by atomic mass is 35.5. The molecule has 0 spiro atoms. The van der Waals surface area contributed by atoms with Crippen LogP contribution in [0.3, 0.4) is 0 Å². The number of halogens is 2. The monoisotopic (exact) mass is 464 g/mol. The average Bonchev–Trinajstić information content (AvgIpc) is 2.75. The predicted octanol–water partition coefficient (Wildman–Crippen LogP) is 5.12. The number of benzene rings is 2. The van der Waals surface area contributed by atoms with Crippen LogP contribution in [0.15, 0.2) is 42.5 Å². The van der Waals surface area contributed by atoms with Crippen molar-refractivity contribution in [1.82, 2.24) is 10.2 Å². The van der Waals surface area contributed by atoms with E-state index >= 15 is 0 Å². The van der Waals surface area contributed by atoms with Crippen LogP contribution in [0.1, 0.15) is 38.3 Å². The minimum Gasteiger partial charge on any atom is -0.497 e. The molecule has 0 aliphatic rings. The van der Waals surface area contributed by atoms with E-state index in [9.17, 15) is 9.59 Å². The second-order valence-corrected chi connectivity index (χ2v) is 8.67. The number of hydrogen-bond acceptors (Lipinski definition) is 3. The Labute approximate surface area is 194 Å². The van der Waals surface area contributed by atoms with Gasteiger partial charge in [0.25, 0.3) is 0 Å². The molecular formula is C24H30Cl2N2O3. The Bertz CT molecular complexity index is 885. The largest absolute Gasteiger partial charge is 0.497 e. The third-order valence-corrected chi connectivity index (χ3v) is 5.66. The summed E-state index contributed by atoms with van der Waals surface area (Å²) in [5, 5.41) is 3.82. The van der Waals surface area contributed by atoms with Crippen LogP contribution in [-0.2, 0) is 22.6 Å². The molecule has 0 radical (unpaired) electrons. The van der Waals surface area contributed by atoms with Gasteiger partial charge in [-0.1, -0.05) is 62.2 Å². The van der Waals surface area contributed by atoms with E-state index in [1.165, 1.54) is 0 Å². The summed E-state index contributed by atoms with van der Waals surface area (Å²) in [5.74, 6) is 0.755. The van der Waals surface area contributed by atoms with Gasteiger partial charge in [0, 0.05) is 13.1 Å². The molecule has 2 rings (SSSR count). The molecule has 0 bridgehead atoms. The van der Waals surface area contributed by atoms with Gasteiger partial charge in [-0.3, -0.25) is 9.59 Å². The van der Waals surface area contributed by atoms with Gasteiger partial charge in [-0.25, -0.2) is 0 Å². The van der Waals surface area contributed by atoms with Crippen molar-refractivity contribution in [3.8, 4) is 5.75 Å². The second-order valence-electron chi connectivity index (χ2n) is 7.86. The molecule has 0 unspecified atom stereocenters. The van der Waals surface area contributed by atoms with Gasteiger partial charge in [0.2, 0.25) is 11.8 Å². The quantitative estimate of drug-likeness (QED) is 0.530. The summed E-state index contributed by atoms with van der Waals surface area (Å²) in [6.07, 6.45) is 0.679. The minimum absolute atomic E-state index is 0.136. The topological polar surface area (TPSA) is 58.6 Å². The van der Waals surface area contributed by atoms with Crippen molar-refractivity contribution in [1.29, 1.82) is 0 Å². The Hall–Kier alpha value is -2.24. The molecule has 0 aliphatic carbocycles. The summed E-state index contributed by atoms with van der Waals surface area (Å²) >= 11 is 12.2. The lowest BCUT2D eigenvalue weighted by molar-refractivity contribution is -0.141. The van der Waals surface area contributed by atoms with Crippen LogP contribution < -0.4 is 10.1 Å². The lowest BCUT2D eigenvalue weighted by atomic mass is 10.1. The molecule has 0 saturated heterocycles. The highest BCUT2D eigenvalue weighted by Crippen LogP contribution is 2.24. The number of carbonyl (C=O) groups is 2. The summed E-state index contributed by atoms with van der Waals surface area (Å²) in [5.41, 5.74) is 1.66. The van der Waals surface area contributed by atoms with E-state index in [1.54, 1.807) is 24.1 Å². The summed E-state index contributed by atoms with van der Waals surface area (Å²) < 4.78 is 5.18. The first-order valence-corrected chi connectivity index (χ1v) is 11.1. The lowest BCUT2D eigenvalue weighted by Gasteiger charge is -2.31. The first-order valence-electron chi connectivity index (χ1n) is 10.4. The standard InChI is InChI=1S/C24H30Cl2N2O3/c1-5-22(24(30)27-14-16(2)3)28(15-18-8-11-20(25)21(26)12-18)23(29)13-17-6-9-19(31-4)10-7-17/h6-12,16,22H,5,13-15H2,1-4H3,(H,27,30)/t22-/m1/s1. The molecule has 1 N–H and O–H groups in total. The van der Waals surface area contributed by atoms with Gasteiger partial charge in [0.1, 0.15) is 11.8 Å². The number of methoxy groups -OCH3 is 1. The van der Waals surface area contributed by atoms with Crippen LogP contribution in [0.5, 0.6) is 5.75 Å². The highest BCUT2D eigenvalue weighted by molar-refractivity contribution is 6.42. The zero-order valence-corrected chi connectivity index (χ0v) is 20.0. The molecule has 0 heterocycles. The van der Waals surface area contributed by atoms with E-state index in [2.05, 4.69) is 5.32 Å². The van der Waals surface area contributed by atoms with Gasteiger partial charge in [0.05, 0.1) is 23.6 Å². The molecule has 2 aromatic rings. The van der Waals surface area contributed by atoms with Crippen molar-refractivity contribution < 1.29 is 14.3 Å². The van der Waals surface area contributed by atoms with Crippen LogP contribution in [0.25, 0.3) is 0 Å². The van der Waals surface area contributed by atoms with E-state index in [0.717, 1.165) is 16.9 Å².